The lowest BCUT2D eigenvalue weighted by Gasteiger charge is -2.41. The lowest BCUT2D eigenvalue weighted by molar-refractivity contribution is 0.0757. The van der Waals surface area contributed by atoms with Gasteiger partial charge in [-0.15, -0.1) is 5.10 Å². The fourth-order valence-electron chi connectivity index (χ4n) is 5.61. The number of carbonyl (C=O) groups is 1. The van der Waals surface area contributed by atoms with Crippen molar-refractivity contribution < 1.29 is 9.90 Å². The van der Waals surface area contributed by atoms with Crippen molar-refractivity contribution in [2.24, 2.45) is 11.3 Å². The van der Waals surface area contributed by atoms with E-state index in [0.29, 0.717) is 23.7 Å². The van der Waals surface area contributed by atoms with Gasteiger partial charge in [-0.25, -0.2) is 14.5 Å². The third-order valence-corrected chi connectivity index (χ3v) is 7.41. The van der Waals surface area contributed by atoms with Gasteiger partial charge in [0.25, 0.3) is 0 Å². The minimum Gasteiger partial charge on any atom is -0.465 e. The molecule has 9 heteroatoms. The average molecular weight is 498 g/mol. The maximum Gasteiger partial charge on any atom is 0.407 e. The number of rotatable bonds is 7. The van der Waals surface area contributed by atoms with Gasteiger partial charge in [0, 0.05) is 13.1 Å². The molecule has 5 rings (SSSR count). The quantitative estimate of drug-likeness (QED) is 0.377. The number of hydrogen-bond donors (Lipinski definition) is 1. The van der Waals surface area contributed by atoms with Crippen molar-refractivity contribution in [1.82, 2.24) is 29.4 Å². The van der Waals surface area contributed by atoms with Gasteiger partial charge < -0.3 is 14.6 Å². The molecule has 1 amide bonds. The Kier molecular flexibility index (Phi) is 6.66. The highest BCUT2D eigenvalue weighted by atomic mass is 16.4. The zero-order valence-electron chi connectivity index (χ0n) is 21.2. The standard InChI is InChI=1S/C28H31N7O2/c1-20-5-8-24(9-6-20)35-17-23(31-32-35)16-33(27(36)37)18-28(2)11-3-4-22(13-28)15-34-19-30-25-10-7-21(14-29)12-26(25)34/h5-10,12,17,19,22H,3-4,11,13,15-16,18H2,1-2H3,(H,36,37)/t22-,28?/m0/s1. The van der Waals surface area contributed by atoms with Gasteiger partial charge in [-0.1, -0.05) is 36.3 Å². The Morgan fingerprint density at radius 3 is 2.84 bits per heavy atom. The van der Waals surface area contributed by atoms with Crippen molar-refractivity contribution in [3.8, 4) is 11.8 Å². The van der Waals surface area contributed by atoms with E-state index < -0.39 is 6.09 Å². The summed E-state index contributed by atoms with van der Waals surface area (Å²) in [6, 6.07) is 15.7. The number of nitrogens with zero attached hydrogens (tertiary/aromatic N) is 7. The molecule has 1 fully saturated rings. The first-order valence-electron chi connectivity index (χ1n) is 12.6. The second-order valence-corrected chi connectivity index (χ2v) is 10.6. The largest absolute Gasteiger partial charge is 0.465 e. The molecule has 0 spiro atoms. The molecule has 0 saturated heterocycles. The number of nitriles is 1. The zero-order valence-corrected chi connectivity index (χ0v) is 21.2. The van der Waals surface area contributed by atoms with Crippen molar-refractivity contribution in [3.05, 3.63) is 71.8 Å². The third-order valence-electron chi connectivity index (χ3n) is 7.41. The predicted molar refractivity (Wildman–Crippen MR) is 139 cm³/mol. The molecule has 1 aliphatic rings. The Morgan fingerprint density at radius 2 is 2.08 bits per heavy atom. The van der Waals surface area contributed by atoms with Crippen LogP contribution in [0.3, 0.4) is 0 Å². The Balaban J connectivity index is 1.27. The zero-order chi connectivity index (χ0) is 26.0. The summed E-state index contributed by atoms with van der Waals surface area (Å²) in [7, 11) is 0. The van der Waals surface area contributed by atoms with Crippen molar-refractivity contribution in [3.63, 3.8) is 0 Å². The Labute approximate surface area is 216 Å². The van der Waals surface area contributed by atoms with Crippen molar-refractivity contribution >= 4 is 17.1 Å². The Bertz CT molecular complexity index is 1450. The van der Waals surface area contributed by atoms with Crippen LogP contribution in [0, 0.1) is 29.6 Å². The van der Waals surface area contributed by atoms with E-state index in [2.05, 4.69) is 32.9 Å². The molecule has 2 aromatic heterocycles. The maximum atomic E-state index is 12.2. The van der Waals surface area contributed by atoms with E-state index in [-0.39, 0.29) is 12.0 Å². The molecule has 37 heavy (non-hydrogen) atoms. The van der Waals surface area contributed by atoms with Gasteiger partial charge in [0.1, 0.15) is 5.69 Å². The van der Waals surface area contributed by atoms with Crippen LogP contribution in [0.5, 0.6) is 0 Å². The van der Waals surface area contributed by atoms with Crippen LogP contribution in [-0.4, -0.2) is 47.2 Å². The fourth-order valence-corrected chi connectivity index (χ4v) is 5.61. The molecule has 190 valence electrons. The molecule has 2 heterocycles. The van der Waals surface area contributed by atoms with Crippen molar-refractivity contribution in [2.45, 2.75) is 52.6 Å². The first-order valence-corrected chi connectivity index (χ1v) is 12.6. The van der Waals surface area contributed by atoms with Gasteiger partial charge in [0.2, 0.25) is 0 Å². The summed E-state index contributed by atoms with van der Waals surface area (Å²) in [6.07, 6.45) is 6.74. The van der Waals surface area contributed by atoms with Crippen LogP contribution in [0.25, 0.3) is 16.7 Å². The van der Waals surface area contributed by atoms with E-state index in [4.69, 9.17) is 0 Å². The van der Waals surface area contributed by atoms with Crippen LogP contribution in [0.1, 0.15) is 49.4 Å². The van der Waals surface area contributed by atoms with Crippen molar-refractivity contribution in [1.29, 1.82) is 5.26 Å². The average Bonchev–Trinajstić information content (AvgIpc) is 3.51. The number of carboxylic acid groups (broad SMARTS) is 1. The van der Waals surface area contributed by atoms with Crippen LogP contribution in [-0.2, 0) is 13.1 Å². The van der Waals surface area contributed by atoms with Gasteiger partial charge in [-0.3, -0.25) is 0 Å². The van der Waals surface area contributed by atoms with Crippen LogP contribution in [0.15, 0.2) is 55.0 Å². The molecule has 0 bridgehead atoms. The van der Waals surface area contributed by atoms with E-state index >= 15 is 0 Å². The number of aromatic nitrogens is 5. The van der Waals surface area contributed by atoms with E-state index in [1.165, 1.54) is 4.90 Å². The molecule has 9 nitrogen and oxygen atoms in total. The minimum absolute atomic E-state index is 0.136. The van der Waals surface area contributed by atoms with Crippen LogP contribution < -0.4 is 0 Å². The second kappa shape index (κ2) is 10.1. The summed E-state index contributed by atoms with van der Waals surface area (Å²) < 4.78 is 3.81. The molecule has 4 aromatic rings. The van der Waals surface area contributed by atoms with Gasteiger partial charge in [0.05, 0.1) is 47.4 Å². The molecular formula is C28H31N7O2. The molecule has 0 aliphatic heterocycles. The van der Waals surface area contributed by atoms with Gasteiger partial charge >= 0.3 is 6.09 Å². The summed E-state index contributed by atoms with van der Waals surface area (Å²) in [5.74, 6) is 0.403. The van der Waals surface area contributed by atoms with E-state index in [0.717, 1.165) is 54.5 Å². The summed E-state index contributed by atoms with van der Waals surface area (Å²) in [5.41, 5.74) is 5.01. The summed E-state index contributed by atoms with van der Waals surface area (Å²) in [6.45, 7) is 5.67. The molecule has 1 N–H and O–H groups in total. The minimum atomic E-state index is -0.946. The maximum absolute atomic E-state index is 12.2. The van der Waals surface area contributed by atoms with Gasteiger partial charge in [-0.2, -0.15) is 5.26 Å². The molecule has 2 aromatic carbocycles. The highest BCUT2D eigenvalue weighted by Crippen LogP contribution is 2.41. The van der Waals surface area contributed by atoms with E-state index in [1.807, 2.05) is 49.6 Å². The number of amides is 1. The number of hydrogen-bond acceptors (Lipinski definition) is 5. The monoisotopic (exact) mass is 497 g/mol. The number of fused-ring (bicyclic) bond motifs is 1. The summed E-state index contributed by atoms with van der Waals surface area (Å²) in [5, 5.41) is 27.7. The topological polar surface area (TPSA) is 113 Å². The molecular weight excluding hydrogens is 466 g/mol. The summed E-state index contributed by atoms with van der Waals surface area (Å²) >= 11 is 0. The van der Waals surface area contributed by atoms with E-state index in [1.54, 1.807) is 16.9 Å². The molecule has 1 saturated carbocycles. The smallest absolute Gasteiger partial charge is 0.407 e. The second-order valence-electron chi connectivity index (χ2n) is 10.6. The summed E-state index contributed by atoms with van der Waals surface area (Å²) in [4.78, 5) is 18.2. The van der Waals surface area contributed by atoms with Gasteiger partial charge in [-0.05, 0) is 67.9 Å². The normalized spacial score (nSPS) is 19.5. The predicted octanol–water partition coefficient (Wildman–Crippen LogP) is 5.17. The number of benzene rings is 2. The number of imidazole rings is 1. The third kappa shape index (κ3) is 5.48. The molecule has 1 unspecified atom stereocenters. The number of aryl methyl sites for hydroxylation is 1. The molecule has 0 radical (unpaired) electrons. The van der Waals surface area contributed by atoms with Gasteiger partial charge in [0.15, 0.2) is 0 Å². The fraction of sp³-hybridized carbons (Fsp3) is 0.393. The van der Waals surface area contributed by atoms with Crippen molar-refractivity contribution in [2.75, 3.05) is 6.54 Å². The Hall–Kier alpha value is -4.19. The highest BCUT2D eigenvalue weighted by Gasteiger charge is 2.35. The Morgan fingerprint density at radius 1 is 1.27 bits per heavy atom. The van der Waals surface area contributed by atoms with Crippen LogP contribution in [0.4, 0.5) is 4.79 Å². The van der Waals surface area contributed by atoms with Crippen LogP contribution >= 0.6 is 0 Å². The van der Waals surface area contributed by atoms with Crippen LogP contribution in [0.2, 0.25) is 0 Å². The molecule has 2 atom stereocenters. The SMILES string of the molecule is Cc1ccc(-n2cc(CN(CC3(C)CCC[C@H](Cn4cnc5ccc(C#N)cc54)C3)C(=O)O)nn2)cc1. The first kappa shape index (κ1) is 24.5. The highest BCUT2D eigenvalue weighted by molar-refractivity contribution is 5.77. The lowest BCUT2D eigenvalue weighted by atomic mass is 9.70. The molecule has 1 aliphatic carbocycles. The first-order chi connectivity index (χ1) is 17.8. The lowest BCUT2D eigenvalue weighted by Crippen LogP contribution is -2.41. The van der Waals surface area contributed by atoms with E-state index in [9.17, 15) is 15.2 Å².